The quantitative estimate of drug-likeness (QED) is 0.169. The lowest BCUT2D eigenvalue weighted by atomic mass is 9.68. The van der Waals surface area contributed by atoms with Crippen molar-refractivity contribution in [3.05, 3.63) is 35.4 Å². The molecule has 210 valence electrons. The zero-order chi connectivity index (χ0) is 27.7. The number of epoxide rings is 2. The standard InChI is InChI=1S/C30H42O8/c1-18(2)9-11-24-29(5,38-24)28-27(34-8)21(13-14-30(28)17-35-30)37-25(31)12-10-20-15-22(32-6)26(36-19(3)4)23(16-20)33-7/h9-10,12,15-16,19,21,24,27-28H,11,13-14,17H2,1-8H3/b12-10+/t21?,24?,27-,28-,29?,30+/m1/s1. The number of carbonyl (C=O) groups excluding carboxylic acids is 1. The van der Waals surface area contributed by atoms with Crippen LogP contribution in [0.15, 0.2) is 29.9 Å². The molecule has 0 aromatic heterocycles. The second kappa shape index (κ2) is 11.3. The summed E-state index contributed by atoms with van der Waals surface area (Å²) >= 11 is 0. The van der Waals surface area contributed by atoms with Crippen LogP contribution in [-0.2, 0) is 23.7 Å². The third kappa shape index (κ3) is 5.87. The summed E-state index contributed by atoms with van der Waals surface area (Å²) < 4.78 is 41.0. The fraction of sp³-hybridized carbons (Fsp3) is 0.633. The van der Waals surface area contributed by atoms with E-state index in [4.69, 9.17) is 33.2 Å². The van der Waals surface area contributed by atoms with Crippen molar-refractivity contribution >= 4 is 12.0 Å². The SMILES string of the molecule is COc1cc(/C=C/C(=O)OC2CC[C@]3(CO3)[C@@H](C3(C)OC3CC=C(C)C)[C@@H]2OC)cc(OC)c1OC(C)C. The van der Waals surface area contributed by atoms with E-state index in [-0.39, 0.29) is 35.4 Å². The minimum absolute atomic E-state index is 0.0203. The number of ether oxygens (including phenoxy) is 7. The largest absolute Gasteiger partial charge is 0.493 e. The number of hydrogen-bond acceptors (Lipinski definition) is 8. The van der Waals surface area contributed by atoms with E-state index in [2.05, 4.69) is 26.8 Å². The molecule has 0 amide bonds. The molecular weight excluding hydrogens is 488 g/mol. The molecular formula is C30H42O8. The Hall–Kier alpha value is -2.55. The fourth-order valence-corrected chi connectivity index (χ4v) is 5.77. The maximum Gasteiger partial charge on any atom is 0.331 e. The lowest BCUT2D eigenvalue weighted by Gasteiger charge is -2.42. The first kappa shape index (κ1) is 28.5. The molecule has 1 aliphatic carbocycles. The first-order valence-corrected chi connectivity index (χ1v) is 13.4. The molecule has 3 fully saturated rings. The lowest BCUT2D eigenvalue weighted by Crippen LogP contribution is -2.55. The van der Waals surface area contributed by atoms with E-state index < -0.39 is 12.1 Å². The van der Waals surface area contributed by atoms with Gasteiger partial charge in [0.2, 0.25) is 5.75 Å². The van der Waals surface area contributed by atoms with Crippen molar-refractivity contribution in [3.8, 4) is 17.2 Å². The minimum Gasteiger partial charge on any atom is -0.493 e. The molecule has 1 aromatic rings. The average Bonchev–Trinajstić information content (AvgIpc) is 3.79. The van der Waals surface area contributed by atoms with E-state index in [0.29, 0.717) is 30.3 Å². The summed E-state index contributed by atoms with van der Waals surface area (Å²) in [5.74, 6) is 1.11. The molecule has 1 spiro atoms. The molecule has 0 bridgehead atoms. The molecule has 3 aliphatic rings. The second-order valence-corrected chi connectivity index (χ2v) is 11.1. The van der Waals surface area contributed by atoms with E-state index in [9.17, 15) is 4.79 Å². The predicted octanol–water partition coefficient (Wildman–Crippen LogP) is 5.12. The van der Waals surface area contributed by atoms with Crippen molar-refractivity contribution in [2.75, 3.05) is 27.9 Å². The summed E-state index contributed by atoms with van der Waals surface area (Å²) in [7, 11) is 4.81. The molecule has 1 saturated carbocycles. The molecule has 2 saturated heterocycles. The maximum absolute atomic E-state index is 12.9. The van der Waals surface area contributed by atoms with Crippen LogP contribution in [0.1, 0.15) is 59.4 Å². The maximum atomic E-state index is 12.9. The van der Waals surface area contributed by atoms with Gasteiger partial charge in [0.25, 0.3) is 0 Å². The average molecular weight is 531 g/mol. The number of rotatable bonds is 11. The van der Waals surface area contributed by atoms with Crippen LogP contribution in [0.25, 0.3) is 6.08 Å². The van der Waals surface area contributed by atoms with Crippen LogP contribution < -0.4 is 14.2 Å². The van der Waals surface area contributed by atoms with E-state index >= 15 is 0 Å². The Balaban J connectivity index is 1.47. The molecule has 6 atom stereocenters. The Morgan fingerprint density at radius 1 is 1.16 bits per heavy atom. The summed E-state index contributed by atoms with van der Waals surface area (Å²) in [6, 6.07) is 3.59. The van der Waals surface area contributed by atoms with Crippen molar-refractivity contribution in [2.24, 2.45) is 5.92 Å². The van der Waals surface area contributed by atoms with Crippen molar-refractivity contribution in [3.63, 3.8) is 0 Å². The van der Waals surface area contributed by atoms with Crippen molar-refractivity contribution < 1.29 is 38.0 Å². The van der Waals surface area contributed by atoms with Gasteiger partial charge in [-0.2, -0.15) is 0 Å². The zero-order valence-electron chi connectivity index (χ0n) is 23.9. The number of carbonyl (C=O) groups is 1. The van der Waals surface area contributed by atoms with Gasteiger partial charge in [-0.3, -0.25) is 0 Å². The molecule has 2 aliphatic heterocycles. The highest BCUT2D eigenvalue weighted by molar-refractivity contribution is 5.87. The van der Waals surface area contributed by atoms with Crippen molar-refractivity contribution in [1.82, 2.24) is 0 Å². The fourth-order valence-electron chi connectivity index (χ4n) is 5.77. The Bertz CT molecular complexity index is 1040. The number of hydrogen-bond donors (Lipinski definition) is 0. The van der Waals surface area contributed by atoms with Gasteiger partial charge in [0.1, 0.15) is 23.4 Å². The molecule has 4 rings (SSSR count). The first-order valence-electron chi connectivity index (χ1n) is 13.4. The Morgan fingerprint density at radius 3 is 2.34 bits per heavy atom. The third-order valence-electron chi connectivity index (χ3n) is 7.75. The normalized spacial score (nSPS) is 31.8. The molecule has 8 nitrogen and oxygen atoms in total. The zero-order valence-corrected chi connectivity index (χ0v) is 23.9. The van der Waals surface area contributed by atoms with E-state index in [1.165, 1.54) is 11.6 Å². The lowest BCUT2D eigenvalue weighted by molar-refractivity contribution is -0.166. The molecule has 1 aromatic carbocycles. The van der Waals surface area contributed by atoms with Gasteiger partial charge in [-0.05, 0) is 77.7 Å². The highest BCUT2D eigenvalue weighted by Gasteiger charge is 2.72. The van der Waals surface area contributed by atoms with Gasteiger partial charge in [0, 0.05) is 13.2 Å². The van der Waals surface area contributed by atoms with Gasteiger partial charge < -0.3 is 33.2 Å². The van der Waals surface area contributed by atoms with Gasteiger partial charge in [0.05, 0.1) is 39.0 Å². The second-order valence-electron chi connectivity index (χ2n) is 11.1. The van der Waals surface area contributed by atoms with Crippen LogP contribution >= 0.6 is 0 Å². The third-order valence-corrected chi connectivity index (χ3v) is 7.75. The van der Waals surface area contributed by atoms with Gasteiger partial charge in [-0.1, -0.05) is 11.6 Å². The Labute approximate surface area is 226 Å². The molecule has 2 heterocycles. The van der Waals surface area contributed by atoms with E-state index in [1.54, 1.807) is 39.5 Å². The van der Waals surface area contributed by atoms with Crippen LogP contribution in [0.5, 0.6) is 17.2 Å². The van der Waals surface area contributed by atoms with Crippen LogP contribution in [0, 0.1) is 5.92 Å². The van der Waals surface area contributed by atoms with Crippen LogP contribution in [-0.4, -0.2) is 69.5 Å². The van der Waals surface area contributed by atoms with Gasteiger partial charge in [-0.25, -0.2) is 4.79 Å². The molecule has 0 radical (unpaired) electrons. The molecule has 8 heteroatoms. The van der Waals surface area contributed by atoms with Crippen LogP contribution in [0.4, 0.5) is 0 Å². The van der Waals surface area contributed by atoms with Gasteiger partial charge in [-0.15, -0.1) is 0 Å². The molecule has 0 N–H and O–H groups in total. The Kier molecular flexibility index (Phi) is 8.45. The minimum atomic E-state index is -0.438. The van der Waals surface area contributed by atoms with E-state index in [0.717, 1.165) is 18.4 Å². The predicted molar refractivity (Wildman–Crippen MR) is 144 cm³/mol. The summed E-state index contributed by atoms with van der Waals surface area (Å²) in [6.07, 6.45) is 6.97. The Morgan fingerprint density at radius 2 is 1.82 bits per heavy atom. The summed E-state index contributed by atoms with van der Waals surface area (Å²) in [4.78, 5) is 12.9. The van der Waals surface area contributed by atoms with Gasteiger partial charge >= 0.3 is 5.97 Å². The molecule has 3 unspecified atom stereocenters. The number of esters is 1. The smallest absolute Gasteiger partial charge is 0.331 e. The summed E-state index contributed by atoms with van der Waals surface area (Å²) in [6.45, 7) is 10.9. The summed E-state index contributed by atoms with van der Waals surface area (Å²) in [5, 5.41) is 0. The number of allylic oxidation sites excluding steroid dienone is 1. The monoisotopic (exact) mass is 530 g/mol. The number of methoxy groups -OCH3 is 3. The highest BCUT2D eigenvalue weighted by Crippen LogP contribution is 2.59. The van der Waals surface area contributed by atoms with Gasteiger partial charge in [0.15, 0.2) is 11.5 Å². The molecule has 38 heavy (non-hydrogen) atoms. The van der Waals surface area contributed by atoms with Crippen molar-refractivity contribution in [2.45, 2.75) is 89.5 Å². The van der Waals surface area contributed by atoms with E-state index in [1.807, 2.05) is 13.8 Å². The number of benzene rings is 1. The summed E-state index contributed by atoms with van der Waals surface area (Å²) in [5.41, 5.74) is 1.35. The van der Waals surface area contributed by atoms with Crippen molar-refractivity contribution in [1.29, 1.82) is 0 Å². The highest BCUT2D eigenvalue weighted by atomic mass is 16.6. The van der Waals surface area contributed by atoms with Crippen LogP contribution in [0.3, 0.4) is 0 Å². The van der Waals surface area contributed by atoms with Crippen LogP contribution in [0.2, 0.25) is 0 Å². The topological polar surface area (TPSA) is 88.3 Å². The first-order chi connectivity index (χ1) is 18.1.